The Morgan fingerprint density at radius 3 is 2.20 bits per heavy atom. The minimum atomic E-state index is -4.77. The molecule has 2 aromatic carbocycles. The van der Waals surface area contributed by atoms with Crippen LogP contribution in [-0.4, -0.2) is 12.8 Å². The molecule has 0 aliphatic rings. The Kier molecular flexibility index (Phi) is 3.93. The maximum Gasteiger partial charge on any atom is 0.573 e. The molecule has 0 fully saturated rings. The lowest BCUT2D eigenvalue weighted by atomic mass is 10.0. The third-order valence-electron chi connectivity index (χ3n) is 2.54. The van der Waals surface area contributed by atoms with E-state index >= 15 is 0 Å². The van der Waals surface area contributed by atoms with Crippen molar-refractivity contribution in [2.75, 3.05) is 5.32 Å². The summed E-state index contributed by atoms with van der Waals surface area (Å²) >= 11 is 0. The molecule has 0 saturated carbocycles. The third-order valence-corrected chi connectivity index (χ3v) is 2.54. The summed E-state index contributed by atoms with van der Waals surface area (Å²) in [5, 5.41) is 2.45. The summed E-state index contributed by atoms with van der Waals surface area (Å²) in [4.78, 5) is 10.5. The van der Waals surface area contributed by atoms with E-state index < -0.39 is 6.36 Å². The van der Waals surface area contributed by atoms with Crippen molar-refractivity contribution in [1.29, 1.82) is 0 Å². The summed E-state index contributed by atoms with van der Waals surface area (Å²) in [5.74, 6) is -0.319. The van der Waals surface area contributed by atoms with E-state index in [0.29, 0.717) is 17.7 Å². The van der Waals surface area contributed by atoms with Crippen molar-refractivity contribution < 1.29 is 22.7 Å². The normalized spacial score (nSPS) is 10.9. The van der Waals surface area contributed by atoms with Gasteiger partial charge in [-0.2, -0.15) is 0 Å². The molecule has 1 amide bonds. The van der Waals surface area contributed by atoms with E-state index in [9.17, 15) is 18.0 Å². The third kappa shape index (κ3) is 3.28. The highest BCUT2D eigenvalue weighted by atomic mass is 19.4. The molecule has 0 bridgehead atoms. The molecule has 1 N–H and O–H groups in total. The molecule has 0 saturated heterocycles. The van der Waals surface area contributed by atoms with Crippen LogP contribution < -0.4 is 10.1 Å². The second-order valence-electron chi connectivity index (χ2n) is 3.85. The molecule has 0 radical (unpaired) electrons. The fourth-order valence-electron chi connectivity index (χ4n) is 1.81. The highest BCUT2D eigenvalue weighted by Gasteiger charge is 2.32. The number of nitrogens with one attached hydrogen (secondary N) is 1. The van der Waals surface area contributed by atoms with E-state index in [1.54, 1.807) is 30.3 Å². The van der Waals surface area contributed by atoms with E-state index in [-0.39, 0.29) is 11.3 Å². The molecule has 0 heterocycles. The molecular weight excluding hydrogens is 271 g/mol. The Bertz CT molecular complexity index is 611. The van der Waals surface area contributed by atoms with Crippen LogP contribution in [0.4, 0.5) is 18.9 Å². The van der Waals surface area contributed by atoms with Gasteiger partial charge in [0, 0.05) is 16.8 Å². The fraction of sp³-hybridized carbons (Fsp3) is 0.0714. The number of carbonyl (C=O) groups is 1. The van der Waals surface area contributed by atoms with Crippen LogP contribution in [0.1, 0.15) is 0 Å². The van der Waals surface area contributed by atoms with Crippen molar-refractivity contribution in [1.82, 2.24) is 0 Å². The highest BCUT2D eigenvalue weighted by molar-refractivity contribution is 5.87. The second-order valence-corrected chi connectivity index (χ2v) is 3.85. The number of alkyl halides is 3. The molecule has 0 aliphatic heterocycles. The quantitative estimate of drug-likeness (QED) is 0.865. The Balaban J connectivity index is 2.50. The van der Waals surface area contributed by atoms with Crippen LogP contribution in [0.5, 0.6) is 5.75 Å². The zero-order chi connectivity index (χ0) is 14.6. The number of halogens is 3. The van der Waals surface area contributed by atoms with Crippen LogP contribution in [0.25, 0.3) is 11.1 Å². The van der Waals surface area contributed by atoms with Gasteiger partial charge in [0.1, 0.15) is 5.75 Å². The number of hydrogen-bond acceptors (Lipinski definition) is 2. The monoisotopic (exact) mass is 281 g/mol. The first-order valence-corrected chi connectivity index (χ1v) is 5.65. The largest absolute Gasteiger partial charge is 0.573 e. The average molecular weight is 281 g/mol. The molecule has 0 unspecified atom stereocenters. The van der Waals surface area contributed by atoms with Crippen LogP contribution in [0.2, 0.25) is 0 Å². The lowest BCUT2D eigenvalue weighted by molar-refractivity contribution is -0.274. The summed E-state index contributed by atoms with van der Waals surface area (Å²) in [7, 11) is 0. The van der Waals surface area contributed by atoms with Gasteiger partial charge < -0.3 is 10.1 Å². The fourth-order valence-corrected chi connectivity index (χ4v) is 1.81. The summed E-state index contributed by atoms with van der Waals surface area (Å²) in [6.07, 6.45) is -4.31. The van der Waals surface area contributed by atoms with Crippen LogP contribution in [0, 0.1) is 0 Å². The maximum atomic E-state index is 12.4. The van der Waals surface area contributed by atoms with Gasteiger partial charge in [0.15, 0.2) is 0 Å². The zero-order valence-corrected chi connectivity index (χ0v) is 10.1. The van der Waals surface area contributed by atoms with Gasteiger partial charge in [-0.3, -0.25) is 4.79 Å². The number of anilines is 1. The SMILES string of the molecule is O=CNc1ccccc1-c1ccccc1OC(F)(F)F. The molecule has 20 heavy (non-hydrogen) atoms. The van der Waals surface area contributed by atoms with E-state index in [1.165, 1.54) is 18.2 Å². The van der Waals surface area contributed by atoms with E-state index in [1.807, 2.05) is 0 Å². The first kappa shape index (κ1) is 13.9. The van der Waals surface area contributed by atoms with E-state index in [4.69, 9.17) is 0 Å². The van der Waals surface area contributed by atoms with Crippen molar-refractivity contribution in [2.24, 2.45) is 0 Å². The van der Waals surface area contributed by atoms with Gasteiger partial charge in [-0.1, -0.05) is 36.4 Å². The molecule has 0 atom stereocenters. The number of benzene rings is 2. The Morgan fingerprint density at radius 1 is 0.950 bits per heavy atom. The van der Waals surface area contributed by atoms with Crippen molar-refractivity contribution >= 4 is 12.1 Å². The smallest absolute Gasteiger partial charge is 0.405 e. The number of carbonyl (C=O) groups excluding carboxylic acids is 1. The maximum absolute atomic E-state index is 12.4. The molecular formula is C14H10F3NO2. The first-order valence-electron chi connectivity index (χ1n) is 5.65. The van der Waals surface area contributed by atoms with Gasteiger partial charge in [0.05, 0.1) is 0 Å². The molecule has 2 aromatic rings. The van der Waals surface area contributed by atoms with Crippen LogP contribution in [-0.2, 0) is 4.79 Å². The lowest BCUT2D eigenvalue weighted by Crippen LogP contribution is -2.17. The Morgan fingerprint density at radius 2 is 1.55 bits per heavy atom. The predicted octanol–water partition coefficient (Wildman–Crippen LogP) is 3.82. The lowest BCUT2D eigenvalue weighted by Gasteiger charge is -2.15. The summed E-state index contributed by atoms with van der Waals surface area (Å²) in [6.45, 7) is 0. The standard InChI is InChI=1S/C14H10F3NO2/c15-14(16,17)20-13-8-4-2-6-11(13)10-5-1-3-7-12(10)18-9-19/h1-9H,(H,18,19). The van der Waals surface area contributed by atoms with Crippen LogP contribution >= 0.6 is 0 Å². The highest BCUT2D eigenvalue weighted by Crippen LogP contribution is 2.37. The number of para-hydroxylation sites is 2. The van der Waals surface area contributed by atoms with Crippen molar-refractivity contribution in [2.45, 2.75) is 6.36 Å². The van der Waals surface area contributed by atoms with Gasteiger partial charge >= 0.3 is 6.36 Å². The summed E-state index contributed by atoms with van der Waals surface area (Å²) in [5.41, 5.74) is 1.09. The average Bonchev–Trinajstić information content (AvgIpc) is 2.39. The molecule has 0 aliphatic carbocycles. The number of rotatable bonds is 4. The van der Waals surface area contributed by atoms with Crippen LogP contribution in [0.3, 0.4) is 0 Å². The molecule has 3 nitrogen and oxygen atoms in total. The van der Waals surface area contributed by atoms with Crippen molar-refractivity contribution in [3.05, 3.63) is 48.5 Å². The number of hydrogen-bond donors (Lipinski definition) is 1. The van der Waals surface area contributed by atoms with Gasteiger partial charge in [0.2, 0.25) is 6.41 Å². The minimum Gasteiger partial charge on any atom is -0.405 e. The predicted molar refractivity (Wildman–Crippen MR) is 68.2 cm³/mol. The molecule has 6 heteroatoms. The number of amides is 1. The minimum absolute atomic E-state index is 0.245. The Hall–Kier alpha value is -2.50. The topological polar surface area (TPSA) is 38.3 Å². The van der Waals surface area contributed by atoms with Gasteiger partial charge in [-0.25, -0.2) is 0 Å². The van der Waals surface area contributed by atoms with Crippen molar-refractivity contribution in [3.8, 4) is 16.9 Å². The number of ether oxygens (including phenoxy) is 1. The van der Waals surface area contributed by atoms with Gasteiger partial charge in [-0.15, -0.1) is 13.2 Å². The second kappa shape index (κ2) is 5.64. The molecule has 104 valence electrons. The van der Waals surface area contributed by atoms with Gasteiger partial charge in [-0.05, 0) is 12.1 Å². The summed E-state index contributed by atoms with van der Waals surface area (Å²) < 4.78 is 41.2. The Labute approximate surface area is 113 Å². The van der Waals surface area contributed by atoms with E-state index in [0.717, 1.165) is 0 Å². The molecule has 0 aromatic heterocycles. The van der Waals surface area contributed by atoms with E-state index in [2.05, 4.69) is 10.1 Å². The molecule has 2 rings (SSSR count). The zero-order valence-electron chi connectivity index (χ0n) is 10.1. The van der Waals surface area contributed by atoms with Crippen LogP contribution in [0.15, 0.2) is 48.5 Å². The first-order chi connectivity index (χ1) is 9.51. The van der Waals surface area contributed by atoms with Gasteiger partial charge in [0.25, 0.3) is 0 Å². The molecule has 0 spiro atoms. The van der Waals surface area contributed by atoms with Crippen molar-refractivity contribution in [3.63, 3.8) is 0 Å². The summed E-state index contributed by atoms with van der Waals surface area (Å²) in [6, 6.07) is 12.3.